The van der Waals surface area contributed by atoms with Crippen LogP contribution in [-0.2, 0) is 19.6 Å². The van der Waals surface area contributed by atoms with Gasteiger partial charge < -0.3 is 4.74 Å². The van der Waals surface area contributed by atoms with Gasteiger partial charge in [-0.05, 0) is 71.4 Å². The zero-order valence-corrected chi connectivity index (χ0v) is 19.3. The Morgan fingerprint density at radius 1 is 1.14 bits per heavy atom. The fourth-order valence-corrected chi connectivity index (χ4v) is 4.63. The third kappa shape index (κ3) is 7.76. The summed E-state index contributed by atoms with van der Waals surface area (Å²) >= 11 is 0. The average molecular weight is 410 g/mol. The molecule has 1 rings (SSSR count). The summed E-state index contributed by atoms with van der Waals surface area (Å²) < 4.78 is 33.5. The van der Waals surface area contributed by atoms with Gasteiger partial charge in [0.05, 0.1) is 4.90 Å². The largest absolute Gasteiger partial charge is 0.457 e. The van der Waals surface area contributed by atoms with Gasteiger partial charge in [-0.3, -0.25) is 0 Å². The number of ether oxygens (including phenoxy) is 1. The first-order chi connectivity index (χ1) is 12.7. The van der Waals surface area contributed by atoms with E-state index in [4.69, 9.17) is 4.74 Å². The second kappa shape index (κ2) is 9.70. The lowest BCUT2D eigenvalue weighted by molar-refractivity contribution is -0.150. The van der Waals surface area contributed by atoms with Crippen LogP contribution < -0.4 is 4.72 Å². The molecule has 0 unspecified atom stereocenters. The van der Waals surface area contributed by atoms with Gasteiger partial charge in [-0.1, -0.05) is 37.6 Å². The van der Waals surface area contributed by atoms with E-state index >= 15 is 0 Å². The molecule has 1 N–H and O–H groups in total. The van der Waals surface area contributed by atoms with Crippen molar-refractivity contribution >= 4 is 16.0 Å². The van der Waals surface area contributed by atoms with Gasteiger partial charge in [-0.2, -0.15) is 0 Å². The van der Waals surface area contributed by atoms with Crippen molar-refractivity contribution in [1.82, 2.24) is 4.72 Å². The van der Waals surface area contributed by atoms with E-state index in [1.54, 1.807) is 19.9 Å². The molecule has 28 heavy (non-hydrogen) atoms. The van der Waals surface area contributed by atoms with Crippen molar-refractivity contribution in [3.8, 4) is 0 Å². The maximum absolute atomic E-state index is 12.7. The van der Waals surface area contributed by atoms with E-state index in [-0.39, 0.29) is 12.5 Å². The van der Waals surface area contributed by atoms with Crippen molar-refractivity contribution in [2.75, 3.05) is 6.54 Å². The van der Waals surface area contributed by atoms with Crippen LogP contribution in [0.3, 0.4) is 0 Å². The fourth-order valence-electron chi connectivity index (χ4n) is 3.14. The topological polar surface area (TPSA) is 72.5 Å². The zero-order valence-electron chi connectivity index (χ0n) is 18.5. The molecular weight excluding hydrogens is 374 g/mol. The first-order valence-corrected chi connectivity index (χ1v) is 11.2. The van der Waals surface area contributed by atoms with Gasteiger partial charge in [0.15, 0.2) is 0 Å². The molecule has 0 bridgehead atoms. The molecule has 1 aromatic carbocycles. The minimum atomic E-state index is -3.60. The van der Waals surface area contributed by atoms with Gasteiger partial charge in [-0.15, -0.1) is 0 Å². The number of esters is 1. The van der Waals surface area contributed by atoms with Crippen molar-refractivity contribution in [2.24, 2.45) is 5.92 Å². The van der Waals surface area contributed by atoms with Gasteiger partial charge in [0.2, 0.25) is 10.0 Å². The highest BCUT2D eigenvalue weighted by molar-refractivity contribution is 7.89. The van der Waals surface area contributed by atoms with E-state index in [1.807, 2.05) is 53.7 Å². The summed E-state index contributed by atoms with van der Waals surface area (Å²) in [5.74, 6) is -0.0393. The minimum Gasteiger partial charge on any atom is -0.457 e. The van der Waals surface area contributed by atoms with Gasteiger partial charge in [0.25, 0.3) is 0 Å². The highest BCUT2D eigenvalue weighted by Gasteiger charge is 2.21. The first-order valence-electron chi connectivity index (χ1n) is 9.73. The van der Waals surface area contributed by atoms with Gasteiger partial charge in [0, 0.05) is 12.1 Å². The van der Waals surface area contributed by atoms with Gasteiger partial charge in [0.1, 0.15) is 5.60 Å². The molecule has 0 atom stereocenters. The standard InChI is InChI=1S/C22H35NO4S/c1-15(2)12-19(21(24)27-22(6,7)8)10-9-11-23-28(25,26)20-17(4)13-16(3)14-18(20)5/h10,13-15,23H,9,11-12H2,1-8H3. The van der Waals surface area contributed by atoms with Crippen LogP contribution in [0.25, 0.3) is 0 Å². The number of carbonyl (C=O) groups is 1. The maximum Gasteiger partial charge on any atom is 0.334 e. The summed E-state index contributed by atoms with van der Waals surface area (Å²) in [5, 5.41) is 0. The Hall–Kier alpha value is -1.66. The Morgan fingerprint density at radius 2 is 1.68 bits per heavy atom. The lowest BCUT2D eigenvalue weighted by Gasteiger charge is -2.21. The predicted octanol–water partition coefficient (Wildman–Crippen LogP) is 4.59. The van der Waals surface area contributed by atoms with E-state index in [0.717, 1.165) is 16.7 Å². The number of sulfonamides is 1. The smallest absolute Gasteiger partial charge is 0.334 e. The van der Waals surface area contributed by atoms with Crippen molar-refractivity contribution in [3.05, 3.63) is 40.5 Å². The monoisotopic (exact) mass is 409 g/mol. The fraction of sp³-hybridized carbons (Fsp3) is 0.591. The molecule has 0 aliphatic carbocycles. The van der Waals surface area contributed by atoms with Gasteiger partial charge in [-0.25, -0.2) is 17.9 Å². The van der Waals surface area contributed by atoms with Crippen molar-refractivity contribution in [2.45, 2.75) is 78.7 Å². The Bertz CT molecular complexity index is 808. The molecule has 158 valence electrons. The quantitative estimate of drug-likeness (QED) is 0.387. The summed E-state index contributed by atoms with van der Waals surface area (Å²) in [6.07, 6.45) is 2.80. The third-order valence-electron chi connectivity index (χ3n) is 3.99. The number of hydrogen-bond donors (Lipinski definition) is 1. The Balaban J connectivity index is 2.87. The third-order valence-corrected chi connectivity index (χ3v) is 5.76. The van der Waals surface area contributed by atoms with Crippen LogP contribution in [0.1, 0.15) is 64.2 Å². The van der Waals surface area contributed by atoms with E-state index in [0.29, 0.717) is 29.2 Å². The lowest BCUT2D eigenvalue weighted by Crippen LogP contribution is -2.27. The highest BCUT2D eigenvalue weighted by atomic mass is 32.2. The van der Waals surface area contributed by atoms with E-state index in [1.165, 1.54) is 0 Å². The lowest BCUT2D eigenvalue weighted by atomic mass is 10.0. The molecule has 1 aromatic rings. The summed E-state index contributed by atoms with van der Waals surface area (Å²) in [6, 6.07) is 3.73. The molecule has 0 radical (unpaired) electrons. The normalized spacial score (nSPS) is 13.1. The van der Waals surface area contributed by atoms with E-state index < -0.39 is 15.6 Å². The van der Waals surface area contributed by atoms with Crippen LogP contribution in [0.4, 0.5) is 0 Å². The van der Waals surface area contributed by atoms with E-state index in [2.05, 4.69) is 4.72 Å². The number of hydrogen-bond acceptors (Lipinski definition) is 4. The number of aryl methyl sites for hydroxylation is 3. The minimum absolute atomic E-state index is 0.222. The molecule has 0 aliphatic rings. The molecule has 0 spiro atoms. The number of rotatable bonds is 8. The van der Waals surface area contributed by atoms with Crippen LogP contribution in [0.15, 0.2) is 28.7 Å². The predicted molar refractivity (Wildman–Crippen MR) is 114 cm³/mol. The highest BCUT2D eigenvalue weighted by Crippen LogP contribution is 2.22. The summed E-state index contributed by atoms with van der Waals surface area (Å²) in [4.78, 5) is 12.7. The molecule has 0 amide bonds. The first kappa shape index (κ1) is 24.4. The Labute approximate surface area is 170 Å². The van der Waals surface area contributed by atoms with Crippen LogP contribution in [0, 0.1) is 26.7 Å². The van der Waals surface area contributed by atoms with Crippen molar-refractivity contribution in [3.63, 3.8) is 0 Å². The molecule has 0 saturated carbocycles. The number of nitrogens with one attached hydrogen (secondary N) is 1. The number of carbonyl (C=O) groups excluding carboxylic acids is 1. The summed E-state index contributed by atoms with van der Waals surface area (Å²) in [7, 11) is -3.60. The SMILES string of the molecule is Cc1cc(C)c(S(=O)(=O)NCCC=C(CC(C)C)C(=O)OC(C)(C)C)c(C)c1. The molecule has 5 nitrogen and oxygen atoms in total. The molecule has 6 heteroatoms. The molecule has 0 heterocycles. The van der Waals surface area contributed by atoms with Crippen molar-refractivity contribution in [1.29, 1.82) is 0 Å². The van der Waals surface area contributed by atoms with E-state index in [9.17, 15) is 13.2 Å². The maximum atomic E-state index is 12.7. The Kier molecular flexibility index (Phi) is 8.45. The second-order valence-electron chi connectivity index (χ2n) is 8.74. The number of benzene rings is 1. The molecule has 0 saturated heterocycles. The summed E-state index contributed by atoms with van der Waals surface area (Å²) in [6.45, 7) is 15.3. The summed E-state index contributed by atoms with van der Waals surface area (Å²) in [5.41, 5.74) is 2.53. The van der Waals surface area contributed by atoms with Crippen LogP contribution in [-0.4, -0.2) is 26.5 Å². The van der Waals surface area contributed by atoms with Crippen LogP contribution >= 0.6 is 0 Å². The zero-order chi connectivity index (χ0) is 21.7. The molecule has 0 aliphatic heterocycles. The van der Waals surface area contributed by atoms with Gasteiger partial charge >= 0.3 is 5.97 Å². The molecular formula is C22H35NO4S. The molecule has 0 fully saturated rings. The van der Waals surface area contributed by atoms with Crippen LogP contribution in [0.2, 0.25) is 0 Å². The van der Waals surface area contributed by atoms with Crippen LogP contribution in [0.5, 0.6) is 0 Å². The average Bonchev–Trinajstić information content (AvgIpc) is 2.46. The molecule has 0 aromatic heterocycles. The van der Waals surface area contributed by atoms with Crippen molar-refractivity contribution < 1.29 is 17.9 Å². The Morgan fingerprint density at radius 3 is 2.14 bits per heavy atom. The second-order valence-corrected chi connectivity index (χ2v) is 10.4.